The van der Waals surface area contributed by atoms with E-state index in [1.165, 1.54) is 0 Å². The molecule has 0 amide bonds. The molecule has 0 saturated heterocycles. The topological polar surface area (TPSA) is 170 Å². The first-order valence-corrected chi connectivity index (χ1v) is 28.1. The third kappa shape index (κ3) is 7.33. The third-order valence-electron chi connectivity index (χ3n) is 18.1. The molecule has 0 atom stereocenters. The van der Waals surface area contributed by atoms with Crippen LogP contribution in [0.4, 0.5) is 0 Å². The molecule has 88 heavy (non-hydrogen) atoms. The molecule has 0 unspecified atom stereocenters. The van der Waals surface area contributed by atoms with Crippen molar-refractivity contribution in [1.82, 2.24) is 79.9 Å². The Hall–Kier alpha value is -9.88. The van der Waals surface area contributed by atoms with Gasteiger partial charge in [-0.3, -0.25) is 39.9 Å². The van der Waals surface area contributed by atoms with E-state index >= 15 is 0 Å². The molecule has 0 saturated carbocycles. The van der Waals surface area contributed by atoms with Crippen LogP contribution in [0, 0.1) is 25.5 Å². The molecule has 432 valence electrons. The number of hydrogen-bond acceptors (Lipinski definition) is 14. The van der Waals surface area contributed by atoms with Crippen molar-refractivity contribution < 1.29 is 42.1 Å². The maximum Gasteiger partial charge on any atom is 0.0716 e. The Labute approximate surface area is 535 Å². The van der Waals surface area contributed by atoms with Gasteiger partial charge in [0.15, 0.2) is 0 Å². The van der Waals surface area contributed by atoms with Gasteiger partial charge in [0.1, 0.15) is 0 Å². The van der Waals surface area contributed by atoms with Crippen molar-refractivity contribution in [2.24, 2.45) is 0 Å². The summed E-state index contributed by atoms with van der Waals surface area (Å²) in [6.07, 6.45) is 42.2. The van der Waals surface area contributed by atoms with Gasteiger partial charge in [-0.2, -0.15) is 74.3 Å². The van der Waals surface area contributed by atoms with Crippen molar-refractivity contribution in [2.75, 3.05) is 14.1 Å². The van der Waals surface area contributed by atoms with Crippen LogP contribution >= 0.6 is 0 Å². The Morgan fingerprint density at radius 3 is 1.08 bits per heavy atom. The Balaban J connectivity index is 0.000000144. The van der Waals surface area contributed by atoms with E-state index in [2.05, 4.69) is 215 Å². The van der Waals surface area contributed by atoms with E-state index in [0.717, 1.165) is 123 Å². The van der Waals surface area contributed by atoms with E-state index in [-0.39, 0.29) is 42.1 Å². The summed E-state index contributed by atoms with van der Waals surface area (Å²) in [6.45, 7) is 4.21. The molecule has 2 aliphatic heterocycles. The van der Waals surface area contributed by atoms with Gasteiger partial charge in [-0.05, 0) is 165 Å². The second kappa shape index (κ2) is 20.9. The molecule has 18 rings (SSSR count). The third-order valence-corrected chi connectivity index (χ3v) is 18.1. The number of fused-ring (bicyclic) bond motifs is 12. The van der Waals surface area contributed by atoms with Crippen LogP contribution in [0.25, 0.3) is 44.5 Å². The van der Waals surface area contributed by atoms with Crippen LogP contribution < -0.4 is 10.2 Å². The molecular weight excluding hydrogens is 1460 g/mol. The van der Waals surface area contributed by atoms with Crippen LogP contribution in [0.5, 0.6) is 0 Å². The molecule has 0 bridgehead atoms. The van der Waals surface area contributed by atoms with Crippen LogP contribution in [-0.2, 0) is 64.0 Å². The number of hydrogen-bond donors (Lipinski definition) is 0. The van der Waals surface area contributed by atoms with Gasteiger partial charge in [0, 0.05) is 169 Å². The second-order valence-electron chi connectivity index (χ2n) is 22.1. The van der Waals surface area contributed by atoms with Crippen molar-refractivity contribution in [1.29, 1.82) is 0 Å². The number of aromatic nitrogens is 12. The quantitative estimate of drug-likeness (QED) is 0.132. The number of pyridine rings is 8. The van der Waals surface area contributed by atoms with Crippen LogP contribution in [0.1, 0.15) is 78.1 Å². The zero-order valence-electron chi connectivity index (χ0n) is 46.9. The molecule has 0 spiro atoms. The Morgan fingerprint density at radius 1 is 0.375 bits per heavy atom. The Kier molecular flexibility index (Phi) is 13.0. The van der Waals surface area contributed by atoms with E-state index in [0.29, 0.717) is 0 Å². The van der Waals surface area contributed by atoms with Gasteiger partial charge in [-0.25, -0.2) is 0 Å². The first kappa shape index (κ1) is 54.7. The van der Waals surface area contributed by atoms with Crippen LogP contribution in [0.2, 0.25) is 0 Å². The van der Waals surface area contributed by atoms with E-state index in [9.17, 15) is 0 Å². The smallest absolute Gasteiger partial charge is 0.0716 e. The van der Waals surface area contributed by atoms with Gasteiger partial charge in [0.05, 0.1) is 16.4 Å². The molecule has 10 aromatic heterocycles. The van der Waals surface area contributed by atoms with Crippen molar-refractivity contribution >= 4 is 0 Å². The summed E-state index contributed by atoms with van der Waals surface area (Å²) in [4.78, 5) is 45.3. The fourth-order valence-electron chi connectivity index (χ4n) is 14.8. The van der Waals surface area contributed by atoms with Crippen LogP contribution in [0.15, 0.2) is 233 Å². The van der Waals surface area contributed by atoms with E-state index in [4.69, 9.17) is 0 Å². The molecule has 0 radical (unpaired) electrons. The SMILES string of the molecule is CN1C=CN(C2(c3[c-]c(C4(c5cc[n-]n5)c5cnccc5-c5ccncc54)ccc3)c3cnccc3-c3ccncc32)[CH-]1.CN1C=CN(C2(c3c[c-]c(C4(c5cc[n-]n5)c5cnccc5-c5ccncc54)cc3)c3cnccc3-c3ccncc32)[CH-]1.[Pt].[Pt]. The molecule has 0 fully saturated rings. The van der Waals surface area contributed by atoms with Crippen molar-refractivity contribution in [3.05, 3.63) is 337 Å². The van der Waals surface area contributed by atoms with Crippen molar-refractivity contribution in [3.8, 4) is 44.5 Å². The number of benzene rings is 2. The Morgan fingerprint density at radius 2 is 0.727 bits per heavy atom. The summed E-state index contributed by atoms with van der Waals surface area (Å²) < 4.78 is 0. The fraction of sp³-hybridized carbons (Fsp3) is 0.0857. The predicted molar refractivity (Wildman–Crippen MR) is 319 cm³/mol. The van der Waals surface area contributed by atoms with Gasteiger partial charge < -0.3 is 40.0 Å². The zero-order valence-corrected chi connectivity index (χ0v) is 51.4. The minimum absolute atomic E-state index is 0. The van der Waals surface area contributed by atoms with Crippen molar-refractivity contribution in [2.45, 2.75) is 21.9 Å². The summed E-state index contributed by atoms with van der Waals surface area (Å²) in [5, 5.41) is 17.8. The Bertz CT molecular complexity index is 4540. The summed E-state index contributed by atoms with van der Waals surface area (Å²) in [5.74, 6) is 0. The first-order chi connectivity index (χ1) is 42.5. The molecule has 0 N–H and O–H groups in total. The minimum atomic E-state index is -0.809. The van der Waals surface area contributed by atoms with E-state index < -0.39 is 21.9 Å². The molecule has 4 aliphatic carbocycles. The van der Waals surface area contributed by atoms with Crippen molar-refractivity contribution in [3.63, 3.8) is 0 Å². The molecule has 12 heterocycles. The van der Waals surface area contributed by atoms with E-state index in [1.807, 2.05) is 125 Å². The standard InChI is InChI=1S/2C35H23N8.2Pt/c1-42-16-17-43(22-42)35(31-20-38-13-8-27(31)28-9-14-39-21-32(28)35)24-4-2-23(3-5-24)34(33-10-15-40-41-33)29-18-36-11-6-25(29)26-7-12-37-19-30(26)34;1-42-15-16-43(22-42)35(31-20-38-12-7-27(31)28-8-13-39-21-32(28)35)24-4-2-3-23(17-24)34(33-9-14-40-41-33)29-18-36-10-5-25(29)26-6-11-37-19-30(26)34;;/h2,4-22H,1H3;2-16,18-22H,1H3;;/q2*-3;;. The molecule has 18 heteroatoms. The minimum Gasteiger partial charge on any atom is -0.581 e. The van der Waals surface area contributed by atoms with Gasteiger partial charge in [0.2, 0.25) is 0 Å². The summed E-state index contributed by atoms with van der Waals surface area (Å²) in [7, 11) is 4.06. The normalized spacial score (nSPS) is 16.2. The molecule has 16 nitrogen and oxygen atoms in total. The first-order valence-electron chi connectivity index (χ1n) is 28.1. The molecule has 6 aliphatic rings. The number of nitrogens with zero attached hydrogens (tertiary/aromatic N) is 16. The van der Waals surface area contributed by atoms with Gasteiger partial charge in [-0.15, -0.1) is 22.3 Å². The fourth-order valence-corrected chi connectivity index (χ4v) is 14.8. The largest absolute Gasteiger partial charge is 0.581 e. The van der Waals surface area contributed by atoms with Gasteiger partial charge in [-0.1, -0.05) is 12.1 Å². The monoisotopic (exact) mass is 1500 g/mol. The number of rotatable bonds is 8. The predicted octanol–water partition coefficient (Wildman–Crippen LogP) is 9.78. The average molecular weight is 1500 g/mol. The molecule has 12 aromatic rings. The maximum absolute atomic E-state index is 4.67. The zero-order chi connectivity index (χ0) is 57.2. The molecular formula is C70H46N16Pt2-6. The van der Waals surface area contributed by atoms with Gasteiger partial charge >= 0.3 is 0 Å². The van der Waals surface area contributed by atoms with Gasteiger partial charge in [0.25, 0.3) is 0 Å². The summed E-state index contributed by atoms with van der Waals surface area (Å²) in [5.41, 5.74) is 19.9. The maximum atomic E-state index is 4.67. The second-order valence-corrected chi connectivity index (χ2v) is 22.1. The average Bonchev–Trinajstić information content (AvgIpc) is 1.68. The van der Waals surface area contributed by atoms with Crippen LogP contribution in [-0.4, -0.2) is 83.8 Å². The molecule has 2 aromatic carbocycles. The summed E-state index contributed by atoms with van der Waals surface area (Å²) in [6, 6.07) is 41.1. The van der Waals surface area contributed by atoms with E-state index in [1.54, 1.807) is 12.4 Å². The van der Waals surface area contributed by atoms with Crippen LogP contribution in [0.3, 0.4) is 0 Å². The summed E-state index contributed by atoms with van der Waals surface area (Å²) >= 11 is 0.